The monoisotopic (exact) mass is 372 g/mol. The Morgan fingerprint density at radius 2 is 1.67 bits per heavy atom. The van der Waals surface area contributed by atoms with Crippen LogP contribution in [0, 0.1) is 0 Å². The van der Waals surface area contributed by atoms with E-state index in [9.17, 15) is 0 Å². The molecule has 0 aromatic heterocycles. The van der Waals surface area contributed by atoms with Crippen molar-refractivity contribution in [2.24, 2.45) is 0 Å². The minimum atomic E-state index is -0.167. The Morgan fingerprint density at radius 1 is 1.04 bits per heavy atom. The van der Waals surface area contributed by atoms with Gasteiger partial charge in [0, 0.05) is 24.7 Å². The third-order valence-electron chi connectivity index (χ3n) is 3.84. The normalized spacial score (nSPS) is 17.5. The van der Waals surface area contributed by atoms with Gasteiger partial charge in [0.25, 0.3) is 0 Å². The van der Waals surface area contributed by atoms with Crippen LogP contribution in [0.5, 0.6) is 0 Å². The highest BCUT2D eigenvalue weighted by molar-refractivity contribution is 5.86. The Balaban J connectivity index is 0.000000801. The molecule has 1 aliphatic heterocycles. The summed E-state index contributed by atoms with van der Waals surface area (Å²) in [5, 5.41) is 17.9. The zero-order valence-corrected chi connectivity index (χ0v) is 16.3. The fourth-order valence-electron chi connectivity index (χ4n) is 2.87. The molecule has 0 saturated carbocycles. The molecule has 3 nitrogen and oxygen atoms in total. The van der Waals surface area contributed by atoms with Gasteiger partial charge in [0.1, 0.15) is 0 Å². The van der Waals surface area contributed by atoms with E-state index in [1.165, 1.54) is 22.8 Å². The lowest BCUT2D eigenvalue weighted by Crippen LogP contribution is -2.33. The van der Waals surface area contributed by atoms with Crippen LogP contribution in [-0.4, -0.2) is 30.3 Å². The third-order valence-corrected chi connectivity index (χ3v) is 3.84. The summed E-state index contributed by atoms with van der Waals surface area (Å²) in [4.78, 5) is 0. The molecule has 5 heteroatoms. The lowest BCUT2D eigenvalue weighted by atomic mass is 9.99. The predicted molar refractivity (Wildman–Crippen MR) is 109 cm³/mol. The Hall–Kier alpha value is -0.840. The minimum Gasteiger partial charge on any atom is -0.394 e. The van der Waals surface area contributed by atoms with Crippen LogP contribution < -0.4 is 10.6 Å². The van der Waals surface area contributed by atoms with Crippen LogP contribution in [0.1, 0.15) is 38.8 Å². The summed E-state index contributed by atoms with van der Waals surface area (Å²) in [6.45, 7) is 7.94. The van der Waals surface area contributed by atoms with Crippen LogP contribution >= 0.6 is 24.8 Å². The fraction of sp³-hybridized carbons (Fsp3) is 0.474. The molecule has 0 spiro atoms. The zero-order valence-electron chi connectivity index (χ0n) is 14.7. The number of nitrogens with one attached hydrogen (secondary N) is 2. The van der Waals surface area contributed by atoms with Crippen LogP contribution in [0.15, 0.2) is 42.5 Å². The molecule has 0 bridgehead atoms. The molecule has 2 aromatic rings. The SMILES string of the molecule is CC(C)O.C[C@@H](N[C@@H]1CCNC1)c1cccc2ccccc12.Cl.Cl. The number of aliphatic hydroxyl groups is 1. The van der Waals surface area contributed by atoms with Gasteiger partial charge in [-0.3, -0.25) is 0 Å². The van der Waals surface area contributed by atoms with Crippen molar-refractivity contribution in [3.8, 4) is 0 Å². The summed E-state index contributed by atoms with van der Waals surface area (Å²) in [6.07, 6.45) is 1.06. The van der Waals surface area contributed by atoms with Crippen molar-refractivity contribution < 1.29 is 5.11 Å². The number of fused-ring (bicyclic) bond motifs is 1. The fourth-order valence-corrected chi connectivity index (χ4v) is 2.87. The van der Waals surface area contributed by atoms with Crippen molar-refractivity contribution in [3.05, 3.63) is 48.0 Å². The van der Waals surface area contributed by atoms with Crippen LogP contribution in [0.25, 0.3) is 10.8 Å². The maximum Gasteiger partial charge on any atom is 0.0483 e. The molecule has 3 rings (SSSR count). The number of rotatable bonds is 3. The molecule has 0 radical (unpaired) electrons. The standard InChI is InChI=1S/C16H20N2.C3H8O.2ClH/c1-12(18-14-9-10-17-11-14)15-8-4-6-13-5-2-3-7-16(13)15;1-3(2)4;;/h2-8,12,14,17-18H,9-11H2,1H3;3-4H,1-2H3;2*1H/t12-,14-;;;/m1.../s1. The quantitative estimate of drug-likeness (QED) is 0.760. The molecular weight excluding hydrogens is 343 g/mol. The van der Waals surface area contributed by atoms with E-state index in [0.717, 1.165) is 13.1 Å². The largest absolute Gasteiger partial charge is 0.394 e. The van der Waals surface area contributed by atoms with E-state index < -0.39 is 0 Å². The van der Waals surface area contributed by atoms with E-state index in [-0.39, 0.29) is 30.9 Å². The van der Waals surface area contributed by atoms with Gasteiger partial charge in [0.2, 0.25) is 0 Å². The van der Waals surface area contributed by atoms with Crippen LogP contribution in [-0.2, 0) is 0 Å². The van der Waals surface area contributed by atoms with E-state index in [1.807, 2.05) is 0 Å². The second kappa shape index (κ2) is 11.7. The second-order valence-electron chi connectivity index (χ2n) is 6.24. The van der Waals surface area contributed by atoms with E-state index in [2.05, 4.69) is 60.0 Å². The van der Waals surface area contributed by atoms with Crippen LogP contribution in [0.4, 0.5) is 0 Å². The average Bonchev–Trinajstić information content (AvgIpc) is 2.99. The summed E-state index contributed by atoms with van der Waals surface area (Å²) >= 11 is 0. The molecule has 0 aliphatic carbocycles. The topological polar surface area (TPSA) is 44.3 Å². The summed E-state index contributed by atoms with van der Waals surface area (Å²) in [6, 6.07) is 16.2. The first-order valence-electron chi connectivity index (χ1n) is 8.20. The zero-order chi connectivity index (χ0) is 15.9. The third kappa shape index (κ3) is 6.96. The second-order valence-corrected chi connectivity index (χ2v) is 6.24. The number of benzene rings is 2. The van der Waals surface area contributed by atoms with Gasteiger partial charge in [0.05, 0.1) is 0 Å². The highest BCUT2D eigenvalue weighted by Crippen LogP contribution is 2.24. The van der Waals surface area contributed by atoms with Gasteiger partial charge in [-0.25, -0.2) is 0 Å². The van der Waals surface area contributed by atoms with Gasteiger partial charge in [-0.2, -0.15) is 0 Å². The van der Waals surface area contributed by atoms with Crippen molar-refractivity contribution >= 4 is 35.6 Å². The van der Waals surface area contributed by atoms with E-state index in [4.69, 9.17) is 5.11 Å². The first kappa shape index (κ1) is 23.2. The molecule has 1 saturated heterocycles. The lowest BCUT2D eigenvalue weighted by Gasteiger charge is -2.20. The smallest absolute Gasteiger partial charge is 0.0483 e. The summed E-state index contributed by atoms with van der Waals surface area (Å²) in [5.41, 5.74) is 1.40. The Labute approximate surface area is 158 Å². The molecule has 24 heavy (non-hydrogen) atoms. The van der Waals surface area contributed by atoms with Crippen molar-refractivity contribution in [2.45, 2.75) is 45.4 Å². The molecule has 3 N–H and O–H groups in total. The Bertz CT molecular complexity index is 578. The van der Waals surface area contributed by atoms with Crippen molar-refractivity contribution in [1.29, 1.82) is 0 Å². The first-order chi connectivity index (χ1) is 10.6. The van der Waals surface area contributed by atoms with E-state index >= 15 is 0 Å². The molecule has 0 amide bonds. The molecule has 2 aromatic carbocycles. The van der Waals surface area contributed by atoms with Gasteiger partial charge in [0.15, 0.2) is 0 Å². The van der Waals surface area contributed by atoms with Gasteiger partial charge < -0.3 is 15.7 Å². The number of aliphatic hydroxyl groups excluding tert-OH is 1. The highest BCUT2D eigenvalue weighted by Gasteiger charge is 2.17. The maximum absolute atomic E-state index is 8.06. The molecule has 136 valence electrons. The summed E-state index contributed by atoms with van der Waals surface area (Å²) in [7, 11) is 0. The van der Waals surface area contributed by atoms with Crippen LogP contribution in [0.2, 0.25) is 0 Å². The minimum absolute atomic E-state index is 0. The van der Waals surface area contributed by atoms with E-state index in [0.29, 0.717) is 12.1 Å². The van der Waals surface area contributed by atoms with Crippen molar-refractivity contribution in [1.82, 2.24) is 10.6 Å². The number of hydrogen-bond acceptors (Lipinski definition) is 3. The molecule has 1 heterocycles. The number of hydrogen-bond donors (Lipinski definition) is 3. The van der Waals surface area contributed by atoms with Gasteiger partial charge in [-0.15, -0.1) is 24.8 Å². The average molecular weight is 373 g/mol. The van der Waals surface area contributed by atoms with E-state index in [1.54, 1.807) is 13.8 Å². The molecule has 1 aliphatic rings. The van der Waals surface area contributed by atoms with Crippen molar-refractivity contribution in [3.63, 3.8) is 0 Å². The van der Waals surface area contributed by atoms with Gasteiger partial charge >= 0.3 is 0 Å². The van der Waals surface area contributed by atoms with Crippen molar-refractivity contribution in [2.75, 3.05) is 13.1 Å². The predicted octanol–water partition coefficient (Wildman–Crippen LogP) is 4.08. The highest BCUT2D eigenvalue weighted by atomic mass is 35.5. The Morgan fingerprint density at radius 3 is 2.29 bits per heavy atom. The molecule has 1 fully saturated rings. The first-order valence-corrected chi connectivity index (χ1v) is 8.20. The summed E-state index contributed by atoms with van der Waals surface area (Å²) in [5.74, 6) is 0. The van der Waals surface area contributed by atoms with Crippen LogP contribution in [0.3, 0.4) is 0 Å². The molecular formula is C19H30Cl2N2O. The summed E-state index contributed by atoms with van der Waals surface area (Å²) < 4.78 is 0. The molecule has 0 unspecified atom stereocenters. The maximum atomic E-state index is 8.06. The van der Waals surface area contributed by atoms with Gasteiger partial charge in [-0.05, 0) is 50.1 Å². The number of halogens is 2. The molecule has 2 atom stereocenters. The van der Waals surface area contributed by atoms with Gasteiger partial charge in [-0.1, -0.05) is 42.5 Å². The Kier molecular flexibility index (Phi) is 11.3. The lowest BCUT2D eigenvalue weighted by molar-refractivity contribution is 0.216.